The molecule has 1 fully saturated rings. The summed E-state index contributed by atoms with van der Waals surface area (Å²) >= 11 is 0. The molecule has 0 unspecified atom stereocenters. The van der Waals surface area contributed by atoms with Gasteiger partial charge in [0.2, 0.25) is 5.79 Å². The topological polar surface area (TPSA) is 71.1 Å². The second-order valence-corrected chi connectivity index (χ2v) is 14.0. The Kier molecular flexibility index (Phi) is 11.4. The van der Waals surface area contributed by atoms with Crippen molar-refractivity contribution in [2.75, 3.05) is 13.2 Å². The number of hydrogen-bond donors (Lipinski definition) is 0. The van der Waals surface area contributed by atoms with Crippen molar-refractivity contribution in [3.8, 4) is 11.5 Å². The van der Waals surface area contributed by atoms with Crippen LogP contribution in [-0.2, 0) is 28.5 Å². The van der Waals surface area contributed by atoms with E-state index in [0.717, 1.165) is 12.8 Å². The highest BCUT2D eigenvalue weighted by Gasteiger charge is 2.54. The fourth-order valence-corrected chi connectivity index (χ4v) is 3.64. The normalized spacial score (nSPS) is 20.2. The zero-order chi connectivity index (χ0) is 24.4. The lowest BCUT2D eigenvalue weighted by atomic mass is 10.1. The van der Waals surface area contributed by atoms with Crippen LogP contribution in [0.25, 0.3) is 0 Å². The molecule has 1 rings (SSSR count). The van der Waals surface area contributed by atoms with Crippen LogP contribution in [0.2, 0.25) is 19.6 Å². The number of rotatable bonds is 10. The summed E-state index contributed by atoms with van der Waals surface area (Å²) in [6.45, 7) is 16.4. The summed E-state index contributed by atoms with van der Waals surface area (Å²) in [6.07, 6.45) is 4.96. The average molecular weight is 465 g/mol. The van der Waals surface area contributed by atoms with Crippen LogP contribution in [0.3, 0.4) is 0 Å². The molecule has 0 aromatic carbocycles. The van der Waals surface area contributed by atoms with Gasteiger partial charge in [0.1, 0.15) is 8.07 Å². The first kappa shape index (κ1) is 28.2. The Morgan fingerprint density at radius 3 is 1.91 bits per heavy atom. The molecule has 0 N–H and O–H groups in total. The Hall–Kier alpha value is -1.88. The largest absolute Gasteiger partial charge is 0.464 e. The summed E-state index contributed by atoms with van der Waals surface area (Å²) in [5, 5.41) is 0. The van der Waals surface area contributed by atoms with Gasteiger partial charge in [-0.2, -0.15) is 0 Å². The van der Waals surface area contributed by atoms with Gasteiger partial charge in [-0.1, -0.05) is 42.9 Å². The first-order valence-corrected chi connectivity index (χ1v) is 14.9. The zero-order valence-corrected chi connectivity index (χ0v) is 22.0. The van der Waals surface area contributed by atoms with Crippen molar-refractivity contribution >= 4 is 20.0 Å². The van der Waals surface area contributed by atoms with Crippen molar-refractivity contribution in [1.29, 1.82) is 0 Å². The van der Waals surface area contributed by atoms with Crippen molar-refractivity contribution in [3.63, 3.8) is 0 Å². The molecule has 2 atom stereocenters. The van der Waals surface area contributed by atoms with Crippen LogP contribution in [0.15, 0.2) is 23.3 Å². The van der Waals surface area contributed by atoms with E-state index in [4.69, 9.17) is 18.9 Å². The molecule has 0 aromatic heterocycles. The number of ether oxygens (including phenoxy) is 4. The van der Waals surface area contributed by atoms with Crippen molar-refractivity contribution in [3.05, 3.63) is 23.3 Å². The van der Waals surface area contributed by atoms with Crippen molar-refractivity contribution in [2.45, 2.75) is 97.9 Å². The minimum Gasteiger partial charge on any atom is -0.464 e. The van der Waals surface area contributed by atoms with E-state index in [2.05, 4.69) is 64.0 Å². The van der Waals surface area contributed by atoms with Gasteiger partial charge in [0.25, 0.3) is 0 Å². The first-order chi connectivity index (χ1) is 14.9. The molecular formula is C25H40O6Si. The molecule has 0 saturated carbocycles. The van der Waals surface area contributed by atoms with E-state index in [1.54, 1.807) is 13.8 Å². The SMILES string of the molecule is CCOC(=O)[C@@H]1OC(C#C[Si](C)(C)C)(CC/C=C(\C)CCC=C(C)C)O[C@H]1C(=O)OCC. The van der Waals surface area contributed by atoms with Crippen LogP contribution < -0.4 is 0 Å². The second kappa shape index (κ2) is 13.0. The Morgan fingerprint density at radius 1 is 0.938 bits per heavy atom. The molecule has 1 saturated heterocycles. The Balaban J connectivity index is 3.13. The third kappa shape index (κ3) is 9.72. The third-order valence-electron chi connectivity index (χ3n) is 4.63. The molecule has 1 heterocycles. The molecule has 0 bridgehead atoms. The van der Waals surface area contributed by atoms with E-state index in [0.29, 0.717) is 12.8 Å². The van der Waals surface area contributed by atoms with Crippen LogP contribution in [0, 0.1) is 11.5 Å². The van der Waals surface area contributed by atoms with Gasteiger partial charge in [-0.05, 0) is 59.8 Å². The summed E-state index contributed by atoms with van der Waals surface area (Å²) in [7, 11) is -1.77. The third-order valence-corrected chi connectivity index (χ3v) is 5.51. The molecule has 7 heteroatoms. The van der Waals surface area contributed by atoms with Gasteiger partial charge in [0, 0.05) is 6.42 Å². The first-order valence-electron chi connectivity index (χ1n) is 11.4. The Labute approximate surface area is 194 Å². The second-order valence-electron chi connectivity index (χ2n) is 9.24. The Bertz CT molecular complexity index is 736. The summed E-state index contributed by atoms with van der Waals surface area (Å²) < 4.78 is 22.3. The lowest BCUT2D eigenvalue weighted by Gasteiger charge is -2.22. The summed E-state index contributed by atoms with van der Waals surface area (Å²) in [4.78, 5) is 25.0. The summed E-state index contributed by atoms with van der Waals surface area (Å²) in [5.41, 5.74) is 5.85. The summed E-state index contributed by atoms with van der Waals surface area (Å²) in [5.74, 6) is 0.493. The van der Waals surface area contributed by atoms with Crippen LogP contribution in [0.5, 0.6) is 0 Å². The van der Waals surface area contributed by atoms with Crippen molar-refractivity contribution in [2.24, 2.45) is 0 Å². The highest BCUT2D eigenvalue weighted by molar-refractivity contribution is 6.83. The molecule has 6 nitrogen and oxygen atoms in total. The standard InChI is InChI=1S/C25H40O6Si/c1-9-28-23(26)21-22(24(27)29-10-2)31-25(30-21,17-18-32(6,7)8)16-12-15-20(5)14-11-13-19(3)4/h13,15,21-22H,9-12,14,16H2,1-8H3/b20-15+/t21-,22-/m1/s1. The molecule has 180 valence electrons. The number of esters is 2. The van der Waals surface area contributed by atoms with Crippen molar-refractivity contribution in [1.82, 2.24) is 0 Å². The van der Waals surface area contributed by atoms with Crippen LogP contribution >= 0.6 is 0 Å². The quantitative estimate of drug-likeness (QED) is 0.197. The minimum atomic E-state index is -1.77. The predicted octanol–water partition coefficient (Wildman–Crippen LogP) is 4.95. The van der Waals surface area contributed by atoms with Crippen LogP contribution in [0.1, 0.15) is 60.3 Å². The van der Waals surface area contributed by atoms with Crippen LogP contribution in [-0.4, -0.2) is 51.2 Å². The number of carbonyl (C=O) groups excluding carboxylic acids is 2. The molecule has 32 heavy (non-hydrogen) atoms. The van der Waals surface area contributed by atoms with E-state index in [9.17, 15) is 9.59 Å². The molecule has 0 radical (unpaired) electrons. The van der Waals surface area contributed by atoms with Gasteiger partial charge in [-0.25, -0.2) is 9.59 Å². The zero-order valence-electron chi connectivity index (χ0n) is 21.0. The highest BCUT2D eigenvalue weighted by atomic mass is 28.3. The number of carbonyl (C=O) groups is 2. The van der Waals surface area contributed by atoms with E-state index in [1.807, 2.05) is 0 Å². The number of hydrogen-bond acceptors (Lipinski definition) is 6. The molecule has 1 aliphatic rings. The minimum absolute atomic E-state index is 0.176. The maximum Gasteiger partial charge on any atom is 0.338 e. The average Bonchev–Trinajstić information content (AvgIpc) is 3.07. The molecular weight excluding hydrogens is 424 g/mol. The fraction of sp³-hybridized carbons (Fsp3) is 0.680. The van der Waals surface area contributed by atoms with Gasteiger partial charge in [0.05, 0.1) is 13.2 Å². The lowest BCUT2D eigenvalue weighted by molar-refractivity contribution is -0.166. The van der Waals surface area contributed by atoms with Crippen molar-refractivity contribution < 1.29 is 28.5 Å². The molecule has 1 aliphatic heterocycles. The Morgan fingerprint density at radius 2 is 1.47 bits per heavy atom. The molecule has 0 aromatic rings. The van der Waals surface area contributed by atoms with E-state index < -0.39 is 38.0 Å². The summed E-state index contributed by atoms with van der Waals surface area (Å²) in [6, 6.07) is 0. The molecule has 0 aliphatic carbocycles. The van der Waals surface area contributed by atoms with E-state index >= 15 is 0 Å². The molecule has 0 spiro atoms. The number of allylic oxidation sites excluding steroid dienone is 4. The van der Waals surface area contributed by atoms with Gasteiger partial charge in [0.15, 0.2) is 12.2 Å². The fourth-order valence-electron chi connectivity index (χ4n) is 3.07. The molecule has 0 amide bonds. The maximum atomic E-state index is 12.5. The van der Waals surface area contributed by atoms with Crippen LogP contribution in [0.4, 0.5) is 0 Å². The predicted molar refractivity (Wildman–Crippen MR) is 129 cm³/mol. The van der Waals surface area contributed by atoms with E-state index in [1.165, 1.54) is 11.1 Å². The smallest absolute Gasteiger partial charge is 0.338 e. The van der Waals surface area contributed by atoms with Gasteiger partial charge < -0.3 is 18.9 Å². The van der Waals surface area contributed by atoms with Gasteiger partial charge in [-0.15, -0.1) is 5.54 Å². The van der Waals surface area contributed by atoms with Gasteiger partial charge in [-0.3, -0.25) is 0 Å². The van der Waals surface area contributed by atoms with Gasteiger partial charge >= 0.3 is 11.9 Å². The van der Waals surface area contributed by atoms with E-state index in [-0.39, 0.29) is 13.2 Å². The monoisotopic (exact) mass is 464 g/mol. The highest BCUT2D eigenvalue weighted by Crippen LogP contribution is 2.34. The lowest BCUT2D eigenvalue weighted by Crippen LogP contribution is -2.39. The maximum absolute atomic E-state index is 12.5.